The minimum Gasteiger partial charge on any atom is -0.519 e. The van der Waals surface area contributed by atoms with Gasteiger partial charge >= 0.3 is 0 Å². The molecule has 3 nitrogen and oxygen atoms in total. The first kappa shape index (κ1) is 18.8. The van der Waals surface area contributed by atoms with Gasteiger partial charge in [-0.3, -0.25) is 4.79 Å². The molecule has 1 aromatic rings. The third kappa shape index (κ3) is 5.18. The van der Waals surface area contributed by atoms with E-state index < -0.39 is 8.32 Å². The highest BCUT2D eigenvalue weighted by Gasteiger charge is 2.40. The Kier molecular flexibility index (Phi) is 6.26. The Labute approximate surface area is 139 Å². The van der Waals surface area contributed by atoms with Crippen molar-refractivity contribution in [1.82, 2.24) is 0 Å². The summed E-state index contributed by atoms with van der Waals surface area (Å²) < 4.78 is 11.2. The highest BCUT2D eigenvalue weighted by Crippen LogP contribution is 2.36. The number of carbonyl (C=O) groups excluding carboxylic acids is 1. The van der Waals surface area contributed by atoms with Crippen molar-refractivity contribution in [3.8, 4) is 5.75 Å². The second kappa shape index (κ2) is 7.33. The SMILES string of the molecule is C=CCOc1ccc(CC(=O)O[Si](C)(C)C(C)(C)C)cc1Cl. The molecule has 0 spiro atoms. The largest absolute Gasteiger partial charge is 0.519 e. The Bertz CT molecular complexity index is 547. The zero-order chi connectivity index (χ0) is 17.0. The molecule has 1 aromatic carbocycles. The summed E-state index contributed by atoms with van der Waals surface area (Å²) in [6.45, 7) is 14.4. The van der Waals surface area contributed by atoms with Crippen molar-refractivity contribution < 1.29 is 14.0 Å². The Morgan fingerprint density at radius 1 is 1.36 bits per heavy atom. The molecule has 0 bridgehead atoms. The highest BCUT2D eigenvalue weighted by atomic mass is 35.5. The van der Waals surface area contributed by atoms with E-state index in [1.807, 2.05) is 6.07 Å². The Balaban J connectivity index is 2.73. The minimum absolute atomic E-state index is 0.00267. The van der Waals surface area contributed by atoms with E-state index >= 15 is 0 Å². The smallest absolute Gasteiger partial charge is 0.296 e. The van der Waals surface area contributed by atoms with Crippen molar-refractivity contribution in [2.24, 2.45) is 0 Å². The van der Waals surface area contributed by atoms with Crippen LogP contribution in [0.5, 0.6) is 5.75 Å². The number of hydrogen-bond donors (Lipinski definition) is 0. The molecule has 1 rings (SSSR count). The summed E-state index contributed by atoms with van der Waals surface area (Å²) in [5.74, 6) is 0.380. The molecule has 0 aliphatic rings. The van der Waals surface area contributed by atoms with Gasteiger partial charge in [-0.2, -0.15) is 0 Å². The average molecular weight is 341 g/mol. The van der Waals surface area contributed by atoms with Crippen LogP contribution in [0.4, 0.5) is 0 Å². The van der Waals surface area contributed by atoms with Crippen LogP contribution in [0.25, 0.3) is 0 Å². The van der Waals surface area contributed by atoms with Gasteiger partial charge in [0.05, 0.1) is 11.4 Å². The third-order valence-electron chi connectivity index (χ3n) is 3.88. The molecule has 0 saturated carbocycles. The van der Waals surface area contributed by atoms with Gasteiger partial charge in [-0.25, -0.2) is 0 Å². The first-order chi connectivity index (χ1) is 10.1. The molecule has 0 fully saturated rings. The standard InChI is InChI=1S/C17H25ClO3Si/c1-7-10-20-15-9-8-13(11-14(15)18)12-16(19)21-22(5,6)17(2,3)4/h7-9,11H,1,10,12H2,2-6H3. The maximum absolute atomic E-state index is 12.2. The lowest BCUT2D eigenvalue weighted by Crippen LogP contribution is -2.43. The fourth-order valence-electron chi connectivity index (χ4n) is 1.56. The van der Waals surface area contributed by atoms with E-state index in [-0.39, 0.29) is 17.4 Å². The summed E-state index contributed by atoms with van der Waals surface area (Å²) in [5.41, 5.74) is 0.819. The molecule has 0 amide bonds. The predicted octanol–water partition coefficient (Wildman–Crippen LogP) is 5.00. The molecule has 0 atom stereocenters. The average Bonchev–Trinajstić information content (AvgIpc) is 2.35. The fraction of sp³-hybridized carbons (Fsp3) is 0.471. The zero-order valence-electron chi connectivity index (χ0n) is 14.0. The van der Waals surface area contributed by atoms with Gasteiger partial charge in [-0.15, -0.1) is 0 Å². The van der Waals surface area contributed by atoms with Crippen molar-refractivity contribution in [2.45, 2.75) is 45.3 Å². The Morgan fingerprint density at radius 3 is 2.50 bits per heavy atom. The molecule has 0 saturated heterocycles. The molecule has 0 aromatic heterocycles. The van der Waals surface area contributed by atoms with Crippen LogP contribution in [0.2, 0.25) is 23.2 Å². The van der Waals surface area contributed by atoms with Crippen LogP contribution in [0.15, 0.2) is 30.9 Å². The minimum atomic E-state index is -2.08. The van der Waals surface area contributed by atoms with E-state index in [1.165, 1.54) is 0 Å². The van der Waals surface area contributed by atoms with Crippen molar-refractivity contribution in [3.05, 3.63) is 41.4 Å². The van der Waals surface area contributed by atoms with E-state index in [2.05, 4.69) is 40.4 Å². The van der Waals surface area contributed by atoms with Gasteiger partial charge in [0.25, 0.3) is 14.3 Å². The summed E-state index contributed by atoms with van der Waals surface area (Å²) in [4.78, 5) is 12.2. The van der Waals surface area contributed by atoms with E-state index in [4.69, 9.17) is 20.8 Å². The monoisotopic (exact) mass is 340 g/mol. The highest BCUT2D eigenvalue weighted by molar-refractivity contribution is 6.75. The number of hydrogen-bond acceptors (Lipinski definition) is 3. The second-order valence-corrected chi connectivity index (χ2v) is 11.9. The number of halogens is 1. The van der Waals surface area contributed by atoms with Gasteiger partial charge in [0.1, 0.15) is 12.4 Å². The van der Waals surface area contributed by atoms with E-state index in [0.717, 1.165) is 5.56 Å². The Morgan fingerprint density at radius 2 is 2.00 bits per heavy atom. The van der Waals surface area contributed by atoms with Crippen LogP contribution in [0.1, 0.15) is 26.3 Å². The molecular weight excluding hydrogens is 316 g/mol. The summed E-state index contributed by atoms with van der Waals surface area (Å²) in [5, 5.41) is 0.488. The predicted molar refractivity (Wildman–Crippen MR) is 94.1 cm³/mol. The summed E-state index contributed by atoms with van der Waals surface area (Å²) in [6.07, 6.45) is 1.87. The van der Waals surface area contributed by atoms with Crippen LogP contribution >= 0.6 is 11.6 Å². The number of rotatable bonds is 6. The van der Waals surface area contributed by atoms with Gasteiger partial charge in [0, 0.05) is 0 Å². The molecule has 0 heterocycles. The fourth-order valence-corrected chi connectivity index (χ4v) is 2.77. The molecule has 22 heavy (non-hydrogen) atoms. The lowest BCUT2D eigenvalue weighted by molar-refractivity contribution is -0.134. The summed E-state index contributed by atoms with van der Waals surface area (Å²) >= 11 is 6.15. The van der Waals surface area contributed by atoms with Gasteiger partial charge in [-0.1, -0.05) is 51.1 Å². The van der Waals surface area contributed by atoms with Crippen LogP contribution < -0.4 is 4.74 Å². The van der Waals surface area contributed by atoms with Crippen LogP contribution in [0.3, 0.4) is 0 Å². The molecule has 122 valence electrons. The maximum Gasteiger partial charge on any atom is 0.296 e. The first-order valence-electron chi connectivity index (χ1n) is 7.31. The molecule has 5 heteroatoms. The molecule has 0 aliphatic carbocycles. The van der Waals surface area contributed by atoms with Crippen LogP contribution in [-0.4, -0.2) is 20.9 Å². The first-order valence-corrected chi connectivity index (χ1v) is 10.6. The third-order valence-corrected chi connectivity index (χ3v) is 8.52. The van der Waals surface area contributed by atoms with E-state index in [9.17, 15) is 4.79 Å². The number of benzene rings is 1. The van der Waals surface area contributed by atoms with Crippen LogP contribution in [-0.2, 0) is 15.6 Å². The van der Waals surface area contributed by atoms with E-state index in [1.54, 1.807) is 18.2 Å². The normalized spacial score (nSPS) is 11.9. The zero-order valence-corrected chi connectivity index (χ0v) is 15.8. The van der Waals surface area contributed by atoms with Gasteiger partial charge in [0.15, 0.2) is 0 Å². The van der Waals surface area contributed by atoms with Crippen molar-refractivity contribution in [1.29, 1.82) is 0 Å². The topological polar surface area (TPSA) is 35.5 Å². The Hall–Kier alpha value is -1.26. The molecule has 0 unspecified atom stereocenters. The lowest BCUT2D eigenvalue weighted by Gasteiger charge is -2.35. The van der Waals surface area contributed by atoms with Crippen molar-refractivity contribution in [3.63, 3.8) is 0 Å². The second-order valence-electron chi connectivity index (χ2n) is 6.78. The van der Waals surface area contributed by atoms with Crippen LogP contribution in [0, 0.1) is 0 Å². The van der Waals surface area contributed by atoms with Gasteiger partial charge in [-0.05, 0) is 35.8 Å². The van der Waals surface area contributed by atoms with Gasteiger partial charge < -0.3 is 9.16 Å². The summed E-state index contributed by atoms with van der Waals surface area (Å²) in [7, 11) is -2.08. The van der Waals surface area contributed by atoms with Crippen molar-refractivity contribution in [2.75, 3.05) is 6.61 Å². The number of carbonyl (C=O) groups is 1. The van der Waals surface area contributed by atoms with Gasteiger partial charge in [0.2, 0.25) is 0 Å². The van der Waals surface area contributed by atoms with E-state index in [0.29, 0.717) is 17.4 Å². The molecular formula is C17H25ClO3Si. The maximum atomic E-state index is 12.2. The summed E-state index contributed by atoms with van der Waals surface area (Å²) in [6, 6.07) is 5.34. The lowest BCUT2D eigenvalue weighted by atomic mass is 10.1. The van der Waals surface area contributed by atoms with Crippen molar-refractivity contribution >= 4 is 25.9 Å². The molecule has 0 N–H and O–H groups in total. The molecule has 0 radical (unpaired) electrons. The number of ether oxygens (including phenoxy) is 1. The quantitative estimate of drug-likeness (QED) is 0.540. The molecule has 0 aliphatic heterocycles.